The fraction of sp³-hybridized carbons (Fsp3) is 0.476. The van der Waals surface area contributed by atoms with E-state index < -0.39 is 46.9 Å². The topological polar surface area (TPSA) is 124 Å². The lowest BCUT2D eigenvalue weighted by molar-refractivity contribution is -0.149. The third-order valence-electron chi connectivity index (χ3n) is 6.56. The van der Waals surface area contributed by atoms with E-state index in [9.17, 15) is 33.5 Å². The van der Waals surface area contributed by atoms with Gasteiger partial charge in [0.25, 0.3) is 11.8 Å². The van der Waals surface area contributed by atoms with Gasteiger partial charge in [-0.1, -0.05) is 6.92 Å². The molecule has 1 aromatic rings. The van der Waals surface area contributed by atoms with E-state index in [1.54, 1.807) is 6.92 Å². The van der Waals surface area contributed by atoms with Crippen LogP contribution >= 0.6 is 0 Å². The molecule has 2 fully saturated rings. The predicted molar refractivity (Wildman–Crippen MR) is 105 cm³/mol. The molecule has 0 aliphatic carbocycles. The monoisotopic (exact) mass is 431 g/mol. The van der Waals surface area contributed by atoms with Crippen molar-refractivity contribution in [3.05, 3.63) is 29.1 Å². The number of hydrogen-bond acceptors (Lipinski definition) is 6. The van der Waals surface area contributed by atoms with E-state index >= 15 is 0 Å². The van der Waals surface area contributed by atoms with Gasteiger partial charge in [-0.2, -0.15) is 0 Å². The average Bonchev–Trinajstić information content (AvgIpc) is 2.98. The molecule has 0 saturated carbocycles. The van der Waals surface area contributed by atoms with Gasteiger partial charge in [-0.3, -0.25) is 34.2 Å². The number of hydrogen-bond donors (Lipinski definition) is 2. The summed E-state index contributed by atoms with van der Waals surface area (Å²) in [6.45, 7) is 2.09. The number of nitrogens with zero attached hydrogens (tertiary/aromatic N) is 2. The second-order valence-corrected chi connectivity index (χ2v) is 8.23. The fourth-order valence-electron chi connectivity index (χ4n) is 4.76. The summed E-state index contributed by atoms with van der Waals surface area (Å²) in [5.74, 6) is -4.49. The second kappa shape index (κ2) is 7.44. The number of fused-ring (bicyclic) bond motifs is 1. The first-order valence-corrected chi connectivity index (χ1v) is 10.2. The molecule has 0 radical (unpaired) electrons. The largest absolute Gasteiger partial charge is 0.481 e. The van der Waals surface area contributed by atoms with Gasteiger partial charge in [-0.15, -0.1) is 0 Å². The Labute approximate surface area is 177 Å². The average molecular weight is 431 g/mol. The summed E-state index contributed by atoms with van der Waals surface area (Å²) in [7, 11) is 0. The van der Waals surface area contributed by atoms with Crippen LogP contribution in [0.2, 0.25) is 0 Å². The Morgan fingerprint density at radius 1 is 1.26 bits per heavy atom. The van der Waals surface area contributed by atoms with E-state index in [0.717, 1.165) is 11.0 Å². The number of carboxylic acids is 1. The van der Waals surface area contributed by atoms with E-state index in [1.165, 1.54) is 11.0 Å². The molecule has 9 nitrogen and oxygen atoms in total. The number of amides is 4. The molecule has 164 valence electrons. The Hall–Kier alpha value is -3.30. The second-order valence-electron chi connectivity index (χ2n) is 8.23. The number of anilines is 1. The van der Waals surface area contributed by atoms with Crippen LogP contribution in [0.25, 0.3) is 0 Å². The predicted octanol–water partition coefficient (Wildman–Crippen LogP) is 1.31. The molecule has 2 atom stereocenters. The van der Waals surface area contributed by atoms with Crippen LogP contribution in [0, 0.1) is 11.2 Å². The van der Waals surface area contributed by atoms with Crippen LogP contribution in [-0.2, 0) is 14.4 Å². The number of rotatable bonds is 4. The van der Waals surface area contributed by atoms with Crippen LogP contribution in [0.3, 0.4) is 0 Å². The maximum Gasteiger partial charge on any atom is 0.311 e. The van der Waals surface area contributed by atoms with Gasteiger partial charge in [0.1, 0.15) is 11.9 Å². The van der Waals surface area contributed by atoms with Crippen molar-refractivity contribution in [2.45, 2.75) is 45.1 Å². The highest BCUT2D eigenvalue weighted by Gasteiger charge is 2.48. The van der Waals surface area contributed by atoms with Crippen molar-refractivity contribution in [3.8, 4) is 0 Å². The fourth-order valence-corrected chi connectivity index (χ4v) is 4.76. The summed E-state index contributed by atoms with van der Waals surface area (Å²) < 4.78 is 15.0. The van der Waals surface area contributed by atoms with Crippen molar-refractivity contribution in [1.29, 1.82) is 0 Å². The first-order valence-electron chi connectivity index (χ1n) is 10.2. The van der Waals surface area contributed by atoms with Gasteiger partial charge in [-0.05, 0) is 37.8 Å². The van der Waals surface area contributed by atoms with Gasteiger partial charge in [0.05, 0.1) is 22.2 Å². The zero-order valence-electron chi connectivity index (χ0n) is 16.9. The molecule has 1 aromatic carbocycles. The highest BCUT2D eigenvalue weighted by molar-refractivity contribution is 6.25. The third kappa shape index (κ3) is 3.17. The number of piperidine rings is 2. The molecule has 4 rings (SSSR count). The normalized spacial score (nSPS) is 26.2. The molecule has 2 N–H and O–H groups in total. The van der Waals surface area contributed by atoms with E-state index in [4.69, 9.17) is 0 Å². The van der Waals surface area contributed by atoms with E-state index in [-0.39, 0.29) is 36.2 Å². The zero-order valence-corrected chi connectivity index (χ0v) is 16.9. The Morgan fingerprint density at radius 2 is 2.00 bits per heavy atom. The number of halogens is 1. The summed E-state index contributed by atoms with van der Waals surface area (Å²) in [6.07, 6.45) is 1.23. The summed E-state index contributed by atoms with van der Waals surface area (Å²) in [5.41, 5.74) is -1.38. The van der Waals surface area contributed by atoms with Crippen molar-refractivity contribution in [2.24, 2.45) is 5.41 Å². The van der Waals surface area contributed by atoms with Crippen molar-refractivity contribution in [2.75, 3.05) is 18.0 Å². The molecule has 4 amide bonds. The number of carboxylic acid groups (broad SMARTS) is 1. The summed E-state index contributed by atoms with van der Waals surface area (Å²) >= 11 is 0. The number of benzene rings is 1. The molecule has 3 heterocycles. The quantitative estimate of drug-likeness (QED) is 0.689. The van der Waals surface area contributed by atoms with E-state index in [1.807, 2.05) is 0 Å². The molecule has 3 aliphatic rings. The number of carbonyl (C=O) groups excluding carboxylic acids is 4. The standard InChI is InChI=1S/C21H22FN3O6/c1-2-21(20(30)31)8-3-9-24(10-21)16-12(22)5-4-11-15(16)19(29)25(18(11)28)13-6-7-14(26)23-17(13)27/h4-5,13H,2-3,6-10H2,1H3,(H,30,31)(H,23,26,27). The Kier molecular flexibility index (Phi) is 5.03. The van der Waals surface area contributed by atoms with Gasteiger partial charge in [0.15, 0.2) is 0 Å². The molecular weight excluding hydrogens is 409 g/mol. The molecule has 2 saturated heterocycles. The number of carbonyl (C=O) groups is 5. The molecule has 2 unspecified atom stereocenters. The molecule has 3 aliphatic heterocycles. The Balaban J connectivity index is 1.74. The van der Waals surface area contributed by atoms with Crippen molar-refractivity contribution < 1.29 is 33.5 Å². The highest BCUT2D eigenvalue weighted by atomic mass is 19.1. The van der Waals surface area contributed by atoms with Crippen LogP contribution in [0.4, 0.5) is 10.1 Å². The number of nitrogens with one attached hydrogen (secondary N) is 1. The minimum Gasteiger partial charge on any atom is -0.481 e. The molecular formula is C21H22FN3O6. The smallest absolute Gasteiger partial charge is 0.311 e. The van der Waals surface area contributed by atoms with Crippen molar-refractivity contribution in [1.82, 2.24) is 10.2 Å². The molecule has 0 aromatic heterocycles. The SMILES string of the molecule is CCC1(C(=O)O)CCCN(c2c(F)ccc3c2C(=O)N(C2CCC(=O)NC2=O)C3=O)C1. The number of aliphatic carboxylic acids is 1. The van der Waals surface area contributed by atoms with Gasteiger partial charge in [-0.25, -0.2) is 4.39 Å². The summed E-state index contributed by atoms with van der Waals surface area (Å²) in [5, 5.41) is 11.9. The maximum absolute atomic E-state index is 15.0. The van der Waals surface area contributed by atoms with E-state index in [0.29, 0.717) is 25.8 Å². The van der Waals surface area contributed by atoms with Crippen molar-refractivity contribution in [3.63, 3.8) is 0 Å². The minimum absolute atomic E-state index is 0.00434. The Bertz CT molecular complexity index is 1020. The summed E-state index contributed by atoms with van der Waals surface area (Å²) in [6, 6.07) is 1.13. The first-order chi connectivity index (χ1) is 14.7. The third-order valence-corrected chi connectivity index (χ3v) is 6.56. The van der Waals surface area contributed by atoms with Crippen LogP contribution in [-0.4, -0.2) is 58.7 Å². The molecule has 0 bridgehead atoms. The van der Waals surface area contributed by atoms with E-state index in [2.05, 4.69) is 5.32 Å². The molecule has 10 heteroatoms. The summed E-state index contributed by atoms with van der Waals surface area (Å²) in [4.78, 5) is 64.1. The van der Waals surface area contributed by atoms with Crippen LogP contribution < -0.4 is 10.2 Å². The van der Waals surface area contributed by atoms with Crippen LogP contribution in [0.1, 0.15) is 59.7 Å². The highest BCUT2D eigenvalue weighted by Crippen LogP contribution is 2.41. The molecule has 31 heavy (non-hydrogen) atoms. The lowest BCUT2D eigenvalue weighted by Gasteiger charge is -2.41. The first kappa shape index (κ1) is 21.0. The van der Waals surface area contributed by atoms with Crippen LogP contribution in [0.5, 0.6) is 0 Å². The minimum atomic E-state index is -1.16. The lowest BCUT2D eigenvalue weighted by Crippen LogP contribution is -2.54. The lowest BCUT2D eigenvalue weighted by atomic mass is 9.77. The van der Waals surface area contributed by atoms with Gasteiger partial charge in [0.2, 0.25) is 11.8 Å². The van der Waals surface area contributed by atoms with Gasteiger partial charge in [0, 0.05) is 19.5 Å². The molecule has 0 spiro atoms. The van der Waals surface area contributed by atoms with Gasteiger partial charge >= 0.3 is 5.97 Å². The van der Waals surface area contributed by atoms with Crippen molar-refractivity contribution >= 4 is 35.3 Å². The number of imide groups is 2. The van der Waals surface area contributed by atoms with Gasteiger partial charge < -0.3 is 10.0 Å². The maximum atomic E-state index is 15.0. The Morgan fingerprint density at radius 3 is 2.65 bits per heavy atom. The zero-order chi connectivity index (χ0) is 22.5. The van der Waals surface area contributed by atoms with Crippen LogP contribution in [0.15, 0.2) is 12.1 Å².